The molecule has 6 nitrogen and oxygen atoms in total. The van der Waals surface area contributed by atoms with Crippen LogP contribution in [-0.2, 0) is 27.2 Å². The Balaban J connectivity index is 1.25. The Morgan fingerprint density at radius 2 is 1.93 bits per heavy atom. The van der Waals surface area contributed by atoms with Crippen LogP contribution in [-0.4, -0.2) is 59.9 Å². The number of amides is 1. The van der Waals surface area contributed by atoms with Gasteiger partial charge < -0.3 is 18.9 Å². The SMILES string of the molecule is CCOCCOCCn1ccnc1C1CCN(C(=O)C2Cc3ccccc32)CC1. The first-order chi connectivity index (χ1) is 14.3. The van der Waals surface area contributed by atoms with Crippen molar-refractivity contribution in [2.45, 2.75) is 44.6 Å². The van der Waals surface area contributed by atoms with Crippen molar-refractivity contribution in [3.63, 3.8) is 0 Å². The third-order valence-electron chi connectivity index (χ3n) is 6.12. The zero-order valence-corrected chi connectivity index (χ0v) is 17.3. The maximum absolute atomic E-state index is 12.9. The maximum Gasteiger partial charge on any atom is 0.230 e. The number of rotatable bonds is 9. The Hall–Kier alpha value is -2.18. The Bertz CT molecular complexity index is 811. The number of hydrogen-bond donors (Lipinski definition) is 0. The summed E-state index contributed by atoms with van der Waals surface area (Å²) in [6, 6.07) is 8.31. The fraction of sp³-hybridized carbons (Fsp3) is 0.565. The van der Waals surface area contributed by atoms with Gasteiger partial charge in [-0.3, -0.25) is 4.79 Å². The van der Waals surface area contributed by atoms with E-state index in [9.17, 15) is 4.79 Å². The smallest absolute Gasteiger partial charge is 0.230 e. The topological polar surface area (TPSA) is 56.6 Å². The second-order valence-electron chi connectivity index (χ2n) is 7.84. The number of ether oxygens (including phenoxy) is 2. The molecule has 1 amide bonds. The molecule has 0 N–H and O–H groups in total. The fourth-order valence-electron chi connectivity index (χ4n) is 4.45. The van der Waals surface area contributed by atoms with Crippen molar-refractivity contribution < 1.29 is 14.3 Å². The van der Waals surface area contributed by atoms with Crippen molar-refractivity contribution in [2.75, 3.05) is 39.5 Å². The average molecular weight is 398 g/mol. The molecule has 2 heterocycles. The molecule has 1 aromatic heterocycles. The van der Waals surface area contributed by atoms with Crippen LogP contribution in [0, 0.1) is 0 Å². The van der Waals surface area contributed by atoms with Gasteiger partial charge in [-0.15, -0.1) is 0 Å². The van der Waals surface area contributed by atoms with Crippen LogP contribution in [0.2, 0.25) is 0 Å². The summed E-state index contributed by atoms with van der Waals surface area (Å²) in [5.74, 6) is 1.90. The minimum absolute atomic E-state index is 0.0681. The van der Waals surface area contributed by atoms with Crippen molar-refractivity contribution in [1.82, 2.24) is 14.5 Å². The van der Waals surface area contributed by atoms with Crippen LogP contribution in [0.5, 0.6) is 0 Å². The van der Waals surface area contributed by atoms with Crippen molar-refractivity contribution in [3.8, 4) is 0 Å². The molecule has 4 rings (SSSR count). The number of piperidine rings is 1. The second-order valence-corrected chi connectivity index (χ2v) is 7.84. The Morgan fingerprint density at radius 3 is 2.72 bits per heavy atom. The zero-order chi connectivity index (χ0) is 20.1. The molecule has 29 heavy (non-hydrogen) atoms. The highest BCUT2D eigenvalue weighted by Crippen LogP contribution is 2.37. The lowest BCUT2D eigenvalue weighted by Gasteiger charge is -2.37. The average Bonchev–Trinajstić information content (AvgIpc) is 3.20. The predicted octanol–water partition coefficient (Wildman–Crippen LogP) is 2.98. The molecule has 1 fully saturated rings. The third kappa shape index (κ3) is 4.54. The summed E-state index contributed by atoms with van der Waals surface area (Å²) in [7, 11) is 0. The molecule has 1 saturated heterocycles. The molecule has 156 valence electrons. The summed E-state index contributed by atoms with van der Waals surface area (Å²) >= 11 is 0. The summed E-state index contributed by atoms with van der Waals surface area (Å²) in [5, 5.41) is 0. The minimum atomic E-state index is 0.0681. The van der Waals surface area contributed by atoms with Crippen LogP contribution in [0.3, 0.4) is 0 Å². The first-order valence-electron chi connectivity index (χ1n) is 10.8. The molecule has 1 aliphatic heterocycles. The van der Waals surface area contributed by atoms with Gasteiger partial charge >= 0.3 is 0 Å². The molecule has 6 heteroatoms. The van der Waals surface area contributed by atoms with E-state index in [1.807, 2.05) is 25.4 Å². The Labute approximate surface area is 172 Å². The third-order valence-corrected chi connectivity index (χ3v) is 6.12. The van der Waals surface area contributed by atoms with Crippen LogP contribution in [0.15, 0.2) is 36.7 Å². The number of fused-ring (bicyclic) bond motifs is 1. The van der Waals surface area contributed by atoms with Crippen molar-refractivity contribution in [1.29, 1.82) is 0 Å². The summed E-state index contributed by atoms with van der Waals surface area (Å²) in [4.78, 5) is 19.6. The van der Waals surface area contributed by atoms with Gasteiger partial charge in [-0.05, 0) is 37.3 Å². The van der Waals surface area contributed by atoms with E-state index in [2.05, 4.69) is 32.7 Å². The van der Waals surface area contributed by atoms with Crippen LogP contribution in [0.4, 0.5) is 0 Å². The van der Waals surface area contributed by atoms with E-state index in [-0.39, 0.29) is 5.92 Å². The van der Waals surface area contributed by atoms with E-state index in [1.54, 1.807) is 0 Å². The summed E-state index contributed by atoms with van der Waals surface area (Å²) in [6.45, 7) is 7.09. The van der Waals surface area contributed by atoms with E-state index in [1.165, 1.54) is 11.1 Å². The standard InChI is InChI=1S/C23H31N3O3/c1-2-28-15-16-29-14-13-25-12-9-24-22(25)18-7-10-26(11-8-18)23(27)21-17-19-5-3-4-6-20(19)21/h3-6,9,12,18,21H,2,7-8,10-11,13-17H2,1H3. The highest BCUT2D eigenvalue weighted by atomic mass is 16.5. The monoisotopic (exact) mass is 397 g/mol. The number of imidazole rings is 1. The molecule has 1 atom stereocenters. The number of carbonyl (C=O) groups is 1. The van der Waals surface area contributed by atoms with Crippen LogP contribution < -0.4 is 0 Å². The lowest BCUT2D eigenvalue weighted by molar-refractivity contribution is -0.134. The molecule has 1 aromatic carbocycles. The molecule has 1 aliphatic carbocycles. The molecule has 0 saturated carbocycles. The van der Waals surface area contributed by atoms with Crippen LogP contribution >= 0.6 is 0 Å². The van der Waals surface area contributed by atoms with E-state index >= 15 is 0 Å². The largest absolute Gasteiger partial charge is 0.379 e. The van der Waals surface area contributed by atoms with Gasteiger partial charge in [-0.1, -0.05) is 24.3 Å². The lowest BCUT2D eigenvalue weighted by Crippen LogP contribution is -2.43. The number of likely N-dealkylation sites (tertiary alicyclic amines) is 1. The highest BCUT2D eigenvalue weighted by Gasteiger charge is 2.36. The lowest BCUT2D eigenvalue weighted by atomic mass is 9.76. The second kappa shape index (κ2) is 9.55. The van der Waals surface area contributed by atoms with Crippen LogP contribution in [0.1, 0.15) is 48.6 Å². The van der Waals surface area contributed by atoms with Crippen molar-refractivity contribution in [3.05, 3.63) is 53.6 Å². The molecule has 1 unspecified atom stereocenters. The quantitative estimate of drug-likeness (QED) is 0.611. The number of aromatic nitrogens is 2. The number of nitrogens with zero attached hydrogens (tertiary/aromatic N) is 3. The molecule has 0 spiro atoms. The first-order valence-corrected chi connectivity index (χ1v) is 10.8. The van der Waals surface area contributed by atoms with E-state index in [4.69, 9.17) is 9.47 Å². The molecular weight excluding hydrogens is 366 g/mol. The predicted molar refractivity (Wildman–Crippen MR) is 111 cm³/mol. The highest BCUT2D eigenvalue weighted by molar-refractivity contribution is 5.87. The molecular formula is C23H31N3O3. The molecule has 0 bridgehead atoms. The van der Waals surface area contributed by atoms with Gasteiger partial charge in [0.25, 0.3) is 0 Å². The van der Waals surface area contributed by atoms with Gasteiger partial charge in [0.15, 0.2) is 0 Å². The van der Waals surface area contributed by atoms with Crippen molar-refractivity contribution >= 4 is 5.91 Å². The van der Waals surface area contributed by atoms with Gasteiger partial charge in [-0.2, -0.15) is 0 Å². The number of carbonyl (C=O) groups excluding carboxylic acids is 1. The van der Waals surface area contributed by atoms with Gasteiger partial charge in [0.2, 0.25) is 5.91 Å². The molecule has 2 aliphatic rings. The number of benzene rings is 1. The molecule has 2 aromatic rings. The van der Waals surface area contributed by atoms with Gasteiger partial charge in [0, 0.05) is 44.6 Å². The van der Waals surface area contributed by atoms with Gasteiger partial charge in [0.1, 0.15) is 5.82 Å². The first kappa shape index (κ1) is 20.1. The summed E-state index contributed by atoms with van der Waals surface area (Å²) in [6.07, 6.45) is 6.75. The number of hydrogen-bond acceptors (Lipinski definition) is 4. The van der Waals surface area contributed by atoms with E-state index in [0.717, 1.165) is 51.3 Å². The fourth-order valence-corrected chi connectivity index (χ4v) is 4.45. The molecule has 0 radical (unpaired) electrons. The van der Waals surface area contributed by atoms with Gasteiger partial charge in [-0.25, -0.2) is 4.98 Å². The summed E-state index contributed by atoms with van der Waals surface area (Å²) in [5.41, 5.74) is 2.55. The normalized spacial score (nSPS) is 19.1. The summed E-state index contributed by atoms with van der Waals surface area (Å²) < 4.78 is 13.1. The Morgan fingerprint density at radius 1 is 1.14 bits per heavy atom. The van der Waals surface area contributed by atoms with Gasteiger partial charge in [0.05, 0.1) is 25.7 Å². The van der Waals surface area contributed by atoms with E-state index < -0.39 is 0 Å². The van der Waals surface area contributed by atoms with E-state index in [0.29, 0.717) is 31.6 Å². The van der Waals surface area contributed by atoms with Crippen LogP contribution in [0.25, 0.3) is 0 Å². The maximum atomic E-state index is 12.9. The van der Waals surface area contributed by atoms with Crippen molar-refractivity contribution in [2.24, 2.45) is 0 Å². The minimum Gasteiger partial charge on any atom is -0.379 e. The zero-order valence-electron chi connectivity index (χ0n) is 17.3. The Kier molecular flexibility index (Phi) is 6.62.